The summed E-state index contributed by atoms with van der Waals surface area (Å²) in [7, 11) is 0. The first-order chi connectivity index (χ1) is 15.2. The third-order valence-electron chi connectivity index (χ3n) is 4.74. The van der Waals surface area contributed by atoms with E-state index in [-0.39, 0.29) is 35.3 Å². The monoisotopic (exact) mass is 437 g/mol. The predicted octanol–water partition coefficient (Wildman–Crippen LogP) is 4.29. The maximum Gasteiger partial charge on any atom is 0.349 e. The van der Waals surface area contributed by atoms with Gasteiger partial charge in [-0.1, -0.05) is 45.9 Å². The Balaban J connectivity index is 1.69. The van der Waals surface area contributed by atoms with Gasteiger partial charge < -0.3 is 19.2 Å². The lowest BCUT2D eigenvalue weighted by Crippen LogP contribution is -2.31. The fourth-order valence-electron chi connectivity index (χ4n) is 3.09. The van der Waals surface area contributed by atoms with Gasteiger partial charge in [0.1, 0.15) is 22.6 Å². The molecular weight excluding hydrogens is 410 g/mol. The maximum absolute atomic E-state index is 12.2. The molecule has 0 aliphatic carbocycles. The number of hydrogen-bond donors (Lipinski definition) is 1. The van der Waals surface area contributed by atoms with Crippen molar-refractivity contribution in [2.45, 2.75) is 33.6 Å². The van der Waals surface area contributed by atoms with Gasteiger partial charge in [-0.05, 0) is 41.7 Å². The molecule has 3 rings (SSSR count). The second-order valence-corrected chi connectivity index (χ2v) is 8.21. The van der Waals surface area contributed by atoms with E-state index in [1.165, 1.54) is 12.1 Å². The number of rotatable bonds is 8. The average molecular weight is 437 g/mol. The fourth-order valence-corrected chi connectivity index (χ4v) is 3.09. The quantitative estimate of drug-likeness (QED) is 0.321. The summed E-state index contributed by atoms with van der Waals surface area (Å²) in [6.45, 7) is 8.20. The van der Waals surface area contributed by atoms with Crippen molar-refractivity contribution in [3.63, 3.8) is 0 Å². The largest absolute Gasteiger partial charge is 0.482 e. The van der Waals surface area contributed by atoms with Gasteiger partial charge in [0.25, 0.3) is 5.91 Å². The maximum atomic E-state index is 12.2. The molecule has 1 N–H and O–H groups in total. The molecule has 0 aliphatic rings. The molecule has 7 heteroatoms. The number of ether oxygens (including phenoxy) is 2. The Bertz CT molecular complexity index is 1180. The molecule has 0 aliphatic heterocycles. The fraction of sp³-hybridized carbons (Fsp3) is 0.320. The molecule has 32 heavy (non-hydrogen) atoms. The molecule has 7 nitrogen and oxygen atoms in total. The van der Waals surface area contributed by atoms with Crippen LogP contribution in [0.3, 0.4) is 0 Å². The minimum Gasteiger partial charge on any atom is -0.482 e. The van der Waals surface area contributed by atoms with Crippen LogP contribution in [0.15, 0.2) is 57.7 Å². The van der Waals surface area contributed by atoms with Crippen LogP contribution in [0.5, 0.6) is 11.5 Å². The van der Waals surface area contributed by atoms with Gasteiger partial charge in [0.15, 0.2) is 6.61 Å². The van der Waals surface area contributed by atoms with E-state index in [1.807, 2.05) is 52.0 Å². The normalized spacial score (nSPS) is 11.1. The highest BCUT2D eigenvalue weighted by atomic mass is 16.6. The van der Waals surface area contributed by atoms with Crippen molar-refractivity contribution in [1.29, 1.82) is 0 Å². The van der Waals surface area contributed by atoms with Crippen molar-refractivity contribution in [3.8, 4) is 11.5 Å². The van der Waals surface area contributed by atoms with Gasteiger partial charge in [-0.15, -0.1) is 0 Å². The van der Waals surface area contributed by atoms with Crippen molar-refractivity contribution in [1.82, 2.24) is 5.32 Å². The van der Waals surface area contributed by atoms with Gasteiger partial charge in [-0.25, -0.2) is 9.59 Å². The minimum atomic E-state index is -0.754. The molecule has 0 saturated carbocycles. The number of para-hydroxylation sites is 1. The van der Waals surface area contributed by atoms with Crippen LogP contribution >= 0.6 is 0 Å². The van der Waals surface area contributed by atoms with Crippen LogP contribution in [-0.2, 0) is 4.79 Å². The molecule has 1 heterocycles. The standard InChI is InChI=1S/C25H27NO6/c1-15(2)13-26-24(28)20-11-17-9-10-18(12-22(17)32-25(20)29)31-23(27)14-30-21-8-6-5-7-19(21)16(3)4/h5-12,15-16H,13-14H2,1-4H3,(H,26,28). The van der Waals surface area contributed by atoms with E-state index in [4.69, 9.17) is 13.9 Å². The van der Waals surface area contributed by atoms with E-state index in [2.05, 4.69) is 5.32 Å². The lowest BCUT2D eigenvalue weighted by molar-refractivity contribution is -0.136. The van der Waals surface area contributed by atoms with Crippen LogP contribution in [0.1, 0.15) is 49.5 Å². The van der Waals surface area contributed by atoms with Gasteiger partial charge in [0, 0.05) is 18.0 Å². The van der Waals surface area contributed by atoms with Gasteiger partial charge in [0.05, 0.1) is 0 Å². The Morgan fingerprint density at radius 2 is 1.78 bits per heavy atom. The first-order valence-corrected chi connectivity index (χ1v) is 10.5. The van der Waals surface area contributed by atoms with E-state index in [1.54, 1.807) is 12.1 Å². The summed E-state index contributed by atoms with van der Waals surface area (Å²) in [6.07, 6.45) is 0. The highest BCUT2D eigenvalue weighted by Crippen LogP contribution is 2.26. The SMILES string of the molecule is CC(C)CNC(=O)c1cc2ccc(OC(=O)COc3ccccc3C(C)C)cc2oc1=O. The molecule has 3 aromatic rings. The Labute approximate surface area is 186 Å². The molecule has 1 amide bonds. The zero-order valence-electron chi connectivity index (χ0n) is 18.6. The third-order valence-corrected chi connectivity index (χ3v) is 4.74. The number of carbonyl (C=O) groups excluding carboxylic acids is 2. The van der Waals surface area contributed by atoms with Crippen molar-refractivity contribution in [2.24, 2.45) is 5.92 Å². The molecule has 0 saturated heterocycles. The smallest absolute Gasteiger partial charge is 0.349 e. The molecule has 1 aromatic heterocycles. The van der Waals surface area contributed by atoms with Gasteiger partial charge >= 0.3 is 11.6 Å². The first kappa shape index (κ1) is 23.1. The number of amides is 1. The second kappa shape index (κ2) is 10.1. The first-order valence-electron chi connectivity index (χ1n) is 10.5. The Kier molecular flexibility index (Phi) is 7.30. The van der Waals surface area contributed by atoms with Crippen LogP contribution in [0, 0.1) is 5.92 Å². The summed E-state index contributed by atoms with van der Waals surface area (Å²) in [5, 5.41) is 3.24. The van der Waals surface area contributed by atoms with Crippen LogP contribution < -0.4 is 20.4 Å². The van der Waals surface area contributed by atoms with Crippen LogP contribution in [0.2, 0.25) is 0 Å². The number of hydrogen-bond acceptors (Lipinski definition) is 6. The summed E-state index contributed by atoms with van der Waals surface area (Å²) in [5.74, 6) is 0.281. The number of nitrogens with one attached hydrogen (secondary N) is 1. The molecule has 168 valence electrons. The summed E-state index contributed by atoms with van der Waals surface area (Å²) >= 11 is 0. The van der Waals surface area contributed by atoms with Crippen molar-refractivity contribution in [2.75, 3.05) is 13.2 Å². The molecule has 0 bridgehead atoms. The van der Waals surface area contributed by atoms with Crippen molar-refractivity contribution >= 4 is 22.8 Å². The average Bonchev–Trinajstić information content (AvgIpc) is 2.75. The Morgan fingerprint density at radius 1 is 1.03 bits per heavy atom. The second-order valence-electron chi connectivity index (χ2n) is 8.21. The van der Waals surface area contributed by atoms with Crippen LogP contribution in [0.4, 0.5) is 0 Å². The van der Waals surface area contributed by atoms with E-state index < -0.39 is 17.5 Å². The molecule has 0 spiro atoms. The zero-order valence-corrected chi connectivity index (χ0v) is 18.6. The van der Waals surface area contributed by atoms with Crippen LogP contribution in [-0.4, -0.2) is 25.0 Å². The molecule has 0 fully saturated rings. The minimum absolute atomic E-state index is 0.0693. The lowest BCUT2D eigenvalue weighted by atomic mass is 10.0. The molecule has 0 atom stereocenters. The molecule has 0 unspecified atom stereocenters. The highest BCUT2D eigenvalue weighted by Gasteiger charge is 2.15. The number of fused-ring (bicyclic) bond motifs is 1. The predicted molar refractivity (Wildman–Crippen MR) is 121 cm³/mol. The van der Waals surface area contributed by atoms with Crippen molar-refractivity contribution in [3.05, 3.63) is 70.1 Å². The molecule has 0 radical (unpaired) electrons. The van der Waals surface area contributed by atoms with Gasteiger partial charge in [0.2, 0.25) is 0 Å². The van der Waals surface area contributed by atoms with Crippen molar-refractivity contribution < 1.29 is 23.5 Å². The van der Waals surface area contributed by atoms with E-state index >= 15 is 0 Å². The van der Waals surface area contributed by atoms with Gasteiger partial charge in [-0.2, -0.15) is 0 Å². The summed E-state index contributed by atoms with van der Waals surface area (Å²) in [5.41, 5.74) is 0.392. The number of carbonyl (C=O) groups is 2. The van der Waals surface area contributed by atoms with E-state index in [9.17, 15) is 14.4 Å². The van der Waals surface area contributed by atoms with Crippen LogP contribution in [0.25, 0.3) is 11.0 Å². The Hall–Kier alpha value is -3.61. The third kappa shape index (κ3) is 5.75. The zero-order chi connectivity index (χ0) is 23.3. The Morgan fingerprint density at radius 3 is 2.50 bits per heavy atom. The molecular formula is C25H27NO6. The van der Waals surface area contributed by atoms with Gasteiger partial charge in [-0.3, -0.25) is 4.79 Å². The summed E-state index contributed by atoms with van der Waals surface area (Å²) in [6, 6.07) is 13.6. The number of esters is 1. The lowest BCUT2D eigenvalue weighted by Gasteiger charge is -2.13. The van der Waals surface area contributed by atoms with E-state index in [0.717, 1.165) is 5.56 Å². The topological polar surface area (TPSA) is 94.8 Å². The highest BCUT2D eigenvalue weighted by molar-refractivity contribution is 5.96. The van der Waals surface area contributed by atoms with E-state index in [0.29, 0.717) is 17.7 Å². The molecule has 2 aromatic carbocycles. The number of benzene rings is 2. The summed E-state index contributed by atoms with van der Waals surface area (Å²) < 4.78 is 16.2. The summed E-state index contributed by atoms with van der Waals surface area (Å²) in [4.78, 5) is 36.7.